The molecule has 0 atom stereocenters. The lowest BCUT2D eigenvalue weighted by Gasteiger charge is -2.25. The van der Waals surface area contributed by atoms with Crippen LogP contribution in [0.4, 0.5) is 0 Å². The minimum atomic E-state index is 0.420. The first-order valence-corrected chi connectivity index (χ1v) is 7.72. The zero-order chi connectivity index (χ0) is 15.0. The predicted molar refractivity (Wildman–Crippen MR) is 89.4 cm³/mol. The molecular formula is C16H26N2OS. The second-order valence-electron chi connectivity index (χ2n) is 5.04. The van der Waals surface area contributed by atoms with Crippen LogP contribution >= 0.6 is 12.2 Å². The summed E-state index contributed by atoms with van der Waals surface area (Å²) in [5.41, 5.74) is 6.43. The molecule has 0 radical (unpaired) electrons. The van der Waals surface area contributed by atoms with Crippen LogP contribution in [0, 0.1) is 0 Å². The van der Waals surface area contributed by atoms with Crippen LogP contribution in [0.15, 0.2) is 24.3 Å². The second-order valence-corrected chi connectivity index (χ2v) is 5.48. The van der Waals surface area contributed by atoms with Crippen molar-refractivity contribution >= 4 is 17.2 Å². The van der Waals surface area contributed by atoms with Gasteiger partial charge in [-0.05, 0) is 50.6 Å². The molecule has 1 rings (SSSR count). The third kappa shape index (κ3) is 5.47. The van der Waals surface area contributed by atoms with E-state index >= 15 is 0 Å². The van der Waals surface area contributed by atoms with Gasteiger partial charge in [0, 0.05) is 18.2 Å². The Hall–Kier alpha value is -1.13. The Balaban J connectivity index is 2.29. The van der Waals surface area contributed by atoms with Crippen molar-refractivity contribution in [2.24, 2.45) is 5.73 Å². The molecule has 0 aliphatic carbocycles. The molecule has 0 aromatic heterocycles. The van der Waals surface area contributed by atoms with E-state index in [0.29, 0.717) is 11.0 Å². The summed E-state index contributed by atoms with van der Waals surface area (Å²) >= 11 is 4.92. The summed E-state index contributed by atoms with van der Waals surface area (Å²) in [6.07, 6.45) is 3.44. The predicted octanol–water partition coefficient (Wildman–Crippen LogP) is 3.21. The number of nitrogens with two attached hydrogens (primary N) is 1. The molecule has 0 saturated heterocycles. The highest BCUT2D eigenvalue weighted by molar-refractivity contribution is 7.80. The van der Waals surface area contributed by atoms with Gasteiger partial charge in [0.2, 0.25) is 0 Å². The Bertz CT molecular complexity index is 401. The van der Waals surface area contributed by atoms with E-state index in [1.165, 1.54) is 12.8 Å². The van der Waals surface area contributed by atoms with Gasteiger partial charge in [-0.1, -0.05) is 26.1 Å². The summed E-state index contributed by atoms with van der Waals surface area (Å²) in [5.74, 6) is 0.871. The van der Waals surface area contributed by atoms with Crippen molar-refractivity contribution in [2.45, 2.75) is 39.2 Å². The number of rotatable bonds is 9. The fourth-order valence-corrected chi connectivity index (χ4v) is 2.45. The Morgan fingerprint density at radius 3 is 2.35 bits per heavy atom. The van der Waals surface area contributed by atoms with E-state index in [1.807, 2.05) is 24.3 Å². The first-order chi connectivity index (χ1) is 9.58. The van der Waals surface area contributed by atoms with Crippen LogP contribution in [-0.2, 0) is 0 Å². The zero-order valence-corrected chi connectivity index (χ0v) is 13.6. The minimum absolute atomic E-state index is 0.420. The summed E-state index contributed by atoms with van der Waals surface area (Å²) in [7, 11) is 2.19. The molecule has 0 spiro atoms. The van der Waals surface area contributed by atoms with Crippen molar-refractivity contribution in [3.63, 3.8) is 0 Å². The first kappa shape index (κ1) is 16.9. The van der Waals surface area contributed by atoms with Gasteiger partial charge in [0.05, 0.1) is 6.61 Å². The van der Waals surface area contributed by atoms with Gasteiger partial charge in [-0.15, -0.1) is 0 Å². The Labute approximate surface area is 128 Å². The van der Waals surface area contributed by atoms with Gasteiger partial charge < -0.3 is 15.4 Å². The maximum atomic E-state index is 5.73. The van der Waals surface area contributed by atoms with Gasteiger partial charge >= 0.3 is 0 Å². The SMILES string of the molecule is CCC(CC)N(C)CCCOc1ccc(C(N)=S)cc1. The maximum absolute atomic E-state index is 5.73. The van der Waals surface area contributed by atoms with Gasteiger partial charge in [0.25, 0.3) is 0 Å². The number of ether oxygens (including phenoxy) is 1. The van der Waals surface area contributed by atoms with Crippen molar-refractivity contribution in [1.82, 2.24) is 4.90 Å². The molecular weight excluding hydrogens is 268 g/mol. The van der Waals surface area contributed by atoms with Crippen LogP contribution in [0.1, 0.15) is 38.7 Å². The van der Waals surface area contributed by atoms with E-state index in [0.717, 1.165) is 30.9 Å². The van der Waals surface area contributed by atoms with Gasteiger partial charge in [-0.2, -0.15) is 0 Å². The summed E-state index contributed by atoms with van der Waals surface area (Å²) in [6, 6.07) is 8.31. The van der Waals surface area contributed by atoms with Gasteiger partial charge in [0.15, 0.2) is 0 Å². The number of hydrogen-bond acceptors (Lipinski definition) is 3. The molecule has 0 aliphatic rings. The van der Waals surface area contributed by atoms with E-state index in [-0.39, 0.29) is 0 Å². The lowest BCUT2D eigenvalue weighted by atomic mass is 10.1. The molecule has 0 aliphatic heterocycles. The lowest BCUT2D eigenvalue weighted by Crippen LogP contribution is -2.32. The maximum Gasteiger partial charge on any atom is 0.119 e. The van der Waals surface area contributed by atoms with Crippen LogP contribution in [0.25, 0.3) is 0 Å². The van der Waals surface area contributed by atoms with E-state index in [2.05, 4.69) is 25.8 Å². The molecule has 20 heavy (non-hydrogen) atoms. The van der Waals surface area contributed by atoms with Crippen molar-refractivity contribution in [1.29, 1.82) is 0 Å². The molecule has 0 amide bonds. The number of thiocarbonyl (C=S) groups is 1. The minimum Gasteiger partial charge on any atom is -0.494 e. The Kier molecular flexibility index (Phi) is 7.55. The average molecular weight is 294 g/mol. The summed E-state index contributed by atoms with van der Waals surface area (Å²) in [4.78, 5) is 2.84. The Morgan fingerprint density at radius 2 is 1.85 bits per heavy atom. The highest BCUT2D eigenvalue weighted by Gasteiger charge is 2.09. The monoisotopic (exact) mass is 294 g/mol. The molecule has 0 heterocycles. The normalized spacial score (nSPS) is 11.1. The fourth-order valence-electron chi connectivity index (χ4n) is 2.31. The number of hydrogen-bond donors (Lipinski definition) is 1. The molecule has 2 N–H and O–H groups in total. The number of benzene rings is 1. The quantitative estimate of drug-likeness (QED) is 0.561. The van der Waals surface area contributed by atoms with Gasteiger partial charge in [-0.3, -0.25) is 0 Å². The Morgan fingerprint density at radius 1 is 1.25 bits per heavy atom. The first-order valence-electron chi connectivity index (χ1n) is 7.31. The summed E-state index contributed by atoms with van der Waals surface area (Å²) in [6.45, 7) is 6.28. The average Bonchev–Trinajstić information content (AvgIpc) is 2.45. The van der Waals surface area contributed by atoms with Crippen LogP contribution < -0.4 is 10.5 Å². The van der Waals surface area contributed by atoms with E-state index in [1.54, 1.807) is 0 Å². The van der Waals surface area contributed by atoms with E-state index in [9.17, 15) is 0 Å². The summed E-state index contributed by atoms with van der Waals surface area (Å²) < 4.78 is 5.73. The zero-order valence-electron chi connectivity index (χ0n) is 12.8. The van der Waals surface area contributed by atoms with Crippen molar-refractivity contribution < 1.29 is 4.74 Å². The van der Waals surface area contributed by atoms with Crippen LogP contribution in [0.5, 0.6) is 5.75 Å². The topological polar surface area (TPSA) is 38.5 Å². The molecule has 3 nitrogen and oxygen atoms in total. The third-order valence-electron chi connectivity index (χ3n) is 3.63. The van der Waals surface area contributed by atoms with Gasteiger partial charge in [-0.25, -0.2) is 0 Å². The van der Waals surface area contributed by atoms with E-state index < -0.39 is 0 Å². The van der Waals surface area contributed by atoms with Crippen LogP contribution in [0.3, 0.4) is 0 Å². The van der Waals surface area contributed by atoms with Crippen molar-refractivity contribution in [2.75, 3.05) is 20.2 Å². The molecule has 0 saturated carbocycles. The summed E-state index contributed by atoms with van der Waals surface area (Å²) in [5, 5.41) is 0. The van der Waals surface area contributed by atoms with Crippen LogP contribution in [0.2, 0.25) is 0 Å². The molecule has 1 aromatic rings. The standard InChI is InChI=1S/C16H26N2OS/c1-4-14(5-2)18(3)11-6-12-19-15-9-7-13(8-10-15)16(17)20/h7-10,14H,4-6,11-12H2,1-3H3,(H2,17,20). The lowest BCUT2D eigenvalue weighted by molar-refractivity contribution is 0.205. The van der Waals surface area contributed by atoms with E-state index in [4.69, 9.17) is 22.7 Å². The van der Waals surface area contributed by atoms with Gasteiger partial charge in [0.1, 0.15) is 10.7 Å². The number of nitrogens with zero attached hydrogens (tertiary/aromatic N) is 1. The van der Waals surface area contributed by atoms with Crippen LogP contribution in [-0.4, -0.2) is 36.1 Å². The largest absolute Gasteiger partial charge is 0.494 e. The highest BCUT2D eigenvalue weighted by atomic mass is 32.1. The molecule has 1 aromatic carbocycles. The second kappa shape index (κ2) is 8.93. The van der Waals surface area contributed by atoms with Crippen molar-refractivity contribution in [3.05, 3.63) is 29.8 Å². The molecule has 4 heteroatoms. The van der Waals surface area contributed by atoms with Crippen molar-refractivity contribution in [3.8, 4) is 5.75 Å². The third-order valence-corrected chi connectivity index (χ3v) is 3.86. The smallest absolute Gasteiger partial charge is 0.119 e. The fraction of sp³-hybridized carbons (Fsp3) is 0.562. The molecule has 112 valence electrons. The molecule has 0 unspecified atom stereocenters. The molecule has 0 fully saturated rings. The molecule has 0 bridgehead atoms. The highest BCUT2D eigenvalue weighted by Crippen LogP contribution is 2.13.